The number of nitrogens with zero attached hydrogens (tertiary/aromatic N) is 1. The predicted octanol–water partition coefficient (Wildman–Crippen LogP) is 1.43. The number of rotatable bonds is 6. The molecule has 3 unspecified atom stereocenters. The van der Waals surface area contributed by atoms with Crippen LogP contribution in [0.1, 0.15) is 40.0 Å². The summed E-state index contributed by atoms with van der Waals surface area (Å²) in [6.07, 6.45) is 2.64. The van der Waals surface area contributed by atoms with Crippen LogP contribution >= 0.6 is 0 Å². The van der Waals surface area contributed by atoms with Crippen LogP contribution in [0.5, 0.6) is 0 Å². The number of piperidine rings is 1. The third kappa shape index (κ3) is 1.96. The average molecular weight is 253 g/mol. The van der Waals surface area contributed by atoms with E-state index in [0.29, 0.717) is 13.0 Å². The standard InChI is InChI=1S/C14H23NO3/c1-4-5-9(6-7-16)8-15-12(17)10-11(13(15)18)14(10,2)3/h9-11,16H,4-8H2,1-3H3. The zero-order chi connectivity index (χ0) is 13.5. The van der Waals surface area contributed by atoms with Crippen LogP contribution in [0.25, 0.3) is 0 Å². The van der Waals surface area contributed by atoms with Crippen molar-refractivity contribution in [3.05, 3.63) is 0 Å². The molecular weight excluding hydrogens is 230 g/mol. The molecule has 102 valence electrons. The van der Waals surface area contributed by atoms with Gasteiger partial charge in [-0.2, -0.15) is 0 Å². The first-order valence-electron chi connectivity index (χ1n) is 6.91. The molecule has 2 rings (SSSR count). The van der Waals surface area contributed by atoms with E-state index in [1.165, 1.54) is 4.90 Å². The summed E-state index contributed by atoms with van der Waals surface area (Å²) >= 11 is 0. The molecule has 0 radical (unpaired) electrons. The molecule has 1 aliphatic carbocycles. The van der Waals surface area contributed by atoms with Crippen LogP contribution < -0.4 is 0 Å². The Morgan fingerprint density at radius 3 is 2.22 bits per heavy atom. The molecule has 1 heterocycles. The summed E-state index contributed by atoms with van der Waals surface area (Å²) < 4.78 is 0. The van der Waals surface area contributed by atoms with Gasteiger partial charge in [0.15, 0.2) is 0 Å². The van der Waals surface area contributed by atoms with Crippen molar-refractivity contribution < 1.29 is 14.7 Å². The highest BCUT2D eigenvalue weighted by Crippen LogP contribution is 2.63. The van der Waals surface area contributed by atoms with Gasteiger partial charge < -0.3 is 5.11 Å². The van der Waals surface area contributed by atoms with Gasteiger partial charge in [-0.25, -0.2) is 0 Å². The average Bonchev–Trinajstić information content (AvgIpc) is 2.77. The predicted molar refractivity (Wildman–Crippen MR) is 67.6 cm³/mol. The van der Waals surface area contributed by atoms with E-state index in [-0.39, 0.29) is 41.6 Å². The molecule has 0 aromatic heterocycles. The maximum Gasteiger partial charge on any atom is 0.233 e. The van der Waals surface area contributed by atoms with Crippen molar-refractivity contribution in [2.45, 2.75) is 40.0 Å². The number of carbonyl (C=O) groups is 2. The lowest BCUT2D eigenvalue weighted by Gasteiger charge is -2.25. The molecule has 3 atom stereocenters. The first-order chi connectivity index (χ1) is 8.45. The molecule has 0 bridgehead atoms. The Morgan fingerprint density at radius 1 is 1.22 bits per heavy atom. The number of amides is 2. The van der Waals surface area contributed by atoms with Gasteiger partial charge in [0, 0.05) is 13.2 Å². The zero-order valence-electron chi connectivity index (χ0n) is 11.5. The van der Waals surface area contributed by atoms with Crippen molar-refractivity contribution in [1.29, 1.82) is 0 Å². The Hall–Kier alpha value is -0.900. The van der Waals surface area contributed by atoms with Crippen LogP contribution in [0.15, 0.2) is 0 Å². The number of carbonyl (C=O) groups excluding carboxylic acids is 2. The SMILES string of the molecule is CCCC(CCO)CN1C(=O)C2C(C1=O)C2(C)C. The van der Waals surface area contributed by atoms with Crippen LogP contribution in [0.4, 0.5) is 0 Å². The third-order valence-corrected chi connectivity index (χ3v) is 4.57. The van der Waals surface area contributed by atoms with Gasteiger partial charge in [-0.15, -0.1) is 0 Å². The highest BCUT2D eigenvalue weighted by molar-refractivity contribution is 6.10. The molecule has 1 N–H and O–H groups in total. The molecule has 1 saturated heterocycles. The molecule has 1 aliphatic heterocycles. The number of hydrogen-bond donors (Lipinski definition) is 1. The van der Waals surface area contributed by atoms with Gasteiger partial charge in [0.05, 0.1) is 11.8 Å². The third-order valence-electron chi connectivity index (χ3n) is 4.57. The minimum atomic E-state index is -0.123. The second-order valence-corrected chi connectivity index (χ2v) is 6.23. The highest BCUT2D eigenvalue weighted by Gasteiger charge is 2.72. The molecule has 0 spiro atoms. The Kier molecular flexibility index (Phi) is 3.49. The summed E-state index contributed by atoms with van der Waals surface area (Å²) in [5, 5.41) is 9.02. The van der Waals surface area contributed by atoms with E-state index >= 15 is 0 Å². The fourth-order valence-corrected chi connectivity index (χ4v) is 3.36. The Balaban J connectivity index is 1.99. The summed E-state index contributed by atoms with van der Waals surface area (Å²) in [5.41, 5.74) is -0.123. The normalized spacial score (nSPS) is 30.6. The number of hydrogen-bond acceptors (Lipinski definition) is 3. The molecule has 0 aromatic rings. The van der Waals surface area contributed by atoms with Gasteiger partial charge >= 0.3 is 0 Å². The van der Waals surface area contributed by atoms with Crippen LogP contribution in [-0.4, -0.2) is 35.0 Å². The molecule has 18 heavy (non-hydrogen) atoms. The maximum atomic E-state index is 12.2. The second-order valence-electron chi connectivity index (χ2n) is 6.23. The lowest BCUT2D eigenvalue weighted by molar-refractivity contribution is -0.143. The summed E-state index contributed by atoms with van der Waals surface area (Å²) in [5.74, 6) is 0.0967. The number of fused-ring (bicyclic) bond motifs is 1. The Bertz CT molecular complexity index is 334. The van der Waals surface area contributed by atoms with E-state index in [1.807, 2.05) is 13.8 Å². The Morgan fingerprint density at radius 2 is 1.78 bits per heavy atom. The quantitative estimate of drug-likeness (QED) is 0.728. The fourth-order valence-electron chi connectivity index (χ4n) is 3.36. The maximum absolute atomic E-state index is 12.2. The minimum absolute atomic E-state index is 0.00837. The lowest BCUT2D eigenvalue weighted by atomic mass is 9.98. The number of imide groups is 1. The van der Waals surface area contributed by atoms with E-state index < -0.39 is 0 Å². The minimum Gasteiger partial charge on any atom is -0.396 e. The highest BCUT2D eigenvalue weighted by atomic mass is 16.3. The first kappa shape index (κ1) is 13.5. The van der Waals surface area contributed by atoms with E-state index in [9.17, 15) is 9.59 Å². The van der Waals surface area contributed by atoms with Crippen molar-refractivity contribution in [2.24, 2.45) is 23.2 Å². The topological polar surface area (TPSA) is 57.6 Å². The fraction of sp³-hybridized carbons (Fsp3) is 0.857. The second kappa shape index (κ2) is 4.65. The van der Waals surface area contributed by atoms with Crippen LogP contribution in [0.2, 0.25) is 0 Å². The summed E-state index contributed by atoms with van der Waals surface area (Å²) in [7, 11) is 0. The molecule has 4 nitrogen and oxygen atoms in total. The van der Waals surface area contributed by atoms with Crippen molar-refractivity contribution >= 4 is 11.8 Å². The van der Waals surface area contributed by atoms with Gasteiger partial charge in [-0.3, -0.25) is 14.5 Å². The van der Waals surface area contributed by atoms with Crippen molar-refractivity contribution in [3.8, 4) is 0 Å². The van der Waals surface area contributed by atoms with Crippen molar-refractivity contribution in [2.75, 3.05) is 13.2 Å². The number of aliphatic hydroxyl groups is 1. The van der Waals surface area contributed by atoms with E-state index in [0.717, 1.165) is 12.8 Å². The van der Waals surface area contributed by atoms with Gasteiger partial charge in [0.25, 0.3) is 0 Å². The van der Waals surface area contributed by atoms with Crippen molar-refractivity contribution in [1.82, 2.24) is 4.90 Å². The molecule has 2 amide bonds. The van der Waals surface area contributed by atoms with Gasteiger partial charge in [-0.1, -0.05) is 27.2 Å². The van der Waals surface area contributed by atoms with Gasteiger partial charge in [-0.05, 0) is 24.2 Å². The molecule has 2 aliphatic rings. The number of likely N-dealkylation sites (tertiary alicyclic amines) is 1. The van der Waals surface area contributed by atoms with E-state index in [2.05, 4.69) is 6.92 Å². The molecule has 0 aromatic carbocycles. The molecule has 2 fully saturated rings. The molecule has 1 saturated carbocycles. The van der Waals surface area contributed by atoms with Gasteiger partial charge in [0.1, 0.15) is 0 Å². The first-order valence-corrected chi connectivity index (χ1v) is 6.91. The monoisotopic (exact) mass is 253 g/mol. The van der Waals surface area contributed by atoms with Crippen LogP contribution in [-0.2, 0) is 9.59 Å². The summed E-state index contributed by atoms with van der Waals surface area (Å²) in [4.78, 5) is 25.8. The Labute approximate surface area is 108 Å². The van der Waals surface area contributed by atoms with Crippen molar-refractivity contribution in [3.63, 3.8) is 0 Å². The smallest absolute Gasteiger partial charge is 0.233 e. The largest absolute Gasteiger partial charge is 0.396 e. The molecule has 4 heteroatoms. The summed E-state index contributed by atoms with van der Waals surface area (Å²) in [6.45, 7) is 6.69. The van der Waals surface area contributed by atoms with Gasteiger partial charge in [0.2, 0.25) is 11.8 Å². The van der Waals surface area contributed by atoms with Crippen LogP contribution in [0.3, 0.4) is 0 Å². The van der Waals surface area contributed by atoms with E-state index in [1.54, 1.807) is 0 Å². The number of aliphatic hydroxyl groups excluding tert-OH is 1. The molecular formula is C14H23NO3. The lowest BCUT2D eigenvalue weighted by Crippen LogP contribution is -2.39. The zero-order valence-corrected chi connectivity index (χ0v) is 11.5. The van der Waals surface area contributed by atoms with E-state index in [4.69, 9.17) is 5.11 Å². The van der Waals surface area contributed by atoms with Crippen LogP contribution in [0, 0.1) is 23.2 Å². The summed E-state index contributed by atoms with van der Waals surface area (Å²) in [6, 6.07) is 0.